The molecule has 2 aromatic rings. The molecule has 1 aromatic carbocycles. The molecule has 2 bridgehead atoms. The van der Waals surface area contributed by atoms with Gasteiger partial charge >= 0.3 is 0 Å². The van der Waals surface area contributed by atoms with E-state index < -0.39 is 0 Å². The van der Waals surface area contributed by atoms with Gasteiger partial charge in [0.25, 0.3) is 5.91 Å². The highest BCUT2D eigenvalue weighted by Gasteiger charge is 2.32. The number of halogens is 1. The van der Waals surface area contributed by atoms with Gasteiger partial charge in [0.1, 0.15) is 5.75 Å². The second-order valence-corrected chi connectivity index (χ2v) is 6.86. The van der Waals surface area contributed by atoms with Crippen molar-refractivity contribution >= 4 is 29.2 Å². The summed E-state index contributed by atoms with van der Waals surface area (Å²) in [5, 5.41) is 4.59. The second-order valence-electron chi connectivity index (χ2n) is 6.86. The van der Waals surface area contributed by atoms with E-state index in [9.17, 15) is 4.79 Å². The minimum Gasteiger partial charge on any atom is -0.497 e. The first-order chi connectivity index (χ1) is 11.6. The molecule has 1 N–H and O–H groups in total. The summed E-state index contributed by atoms with van der Waals surface area (Å²) in [5.41, 5.74) is 2.36. The van der Waals surface area contributed by atoms with Gasteiger partial charge in [-0.2, -0.15) is 0 Å². The Hall–Kier alpha value is -1.85. The van der Waals surface area contributed by atoms with Gasteiger partial charge in [-0.1, -0.05) is 0 Å². The van der Waals surface area contributed by atoms with Crippen molar-refractivity contribution in [2.24, 2.45) is 0 Å². The quantitative estimate of drug-likeness (QED) is 0.893. The molecule has 2 unspecified atom stereocenters. The van der Waals surface area contributed by atoms with Crippen LogP contribution in [0.2, 0.25) is 0 Å². The van der Waals surface area contributed by atoms with Gasteiger partial charge in [-0.25, -0.2) is 0 Å². The van der Waals surface area contributed by atoms with E-state index in [2.05, 4.69) is 10.3 Å². The lowest BCUT2D eigenvalue weighted by Crippen LogP contribution is -2.39. The molecule has 2 aliphatic heterocycles. The first-order valence-electron chi connectivity index (χ1n) is 8.65. The third-order valence-corrected chi connectivity index (χ3v) is 5.26. The predicted octanol–water partition coefficient (Wildman–Crippen LogP) is 2.94. The van der Waals surface area contributed by atoms with E-state index in [1.54, 1.807) is 7.11 Å². The van der Waals surface area contributed by atoms with Crippen LogP contribution in [0.25, 0.3) is 10.9 Å². The van der Waals surface area contributed by atoms with E-state index in [-0.39, 0.29) is 18.3 Å². The third-order valence-electron chi connectivity index (χ3n) is 5.26. The van der Waals surface area contributed by atoms with Crippen LogP contribution >= 0.6 is 12.4 Å². The van der Waals surface area contributed by atoms with Crippen LogP contribution in [0.3, 0.4) is 0 Å². The van der Waals surface area contributed by atoms with Crippen molar-refractivity contribution in [2.75, 3.05) is 20.2 Å². The number of aryl methyl sites for hydroxylation is 1. The molecule has 0 aliphatic carbocycles. The second kappa shape index (κ2) is 7.18. The molecule has 2 fully saturated rings. The number of methoxy groups -OCH3 is 1. The van der Waals surface area contributed by atoms with Crippen LogP contribution < -0.4 is 10.1 Å². The zero-order chi connectivity index (χ0) is 16.7. The van der Waals surface area contributed by atoms with Crippen LogP contribution in [0.1, 0.15) is 35.3 Å². The topological polar surface area (TPSA) is 54.5 Å². The first-order valence-corrected chi connectivity index (χ1v) is 8.65. The molecule has 4 rings (SSSR count). The smallest absolute Gasteiger partial charge is 0.255 e. The van der Waals surface area contributed by atoms with Crippen LogP contribution in [-0.4, -0.2) is 48.1 Å². The standard InChI is InChI=1S/C19H23N3O2.ClH/c1-12-17(9-13-3-6-16(24-2)10-18(13)20-12)19(23)22-8-7-14-4-5-15(11-22)21-14;/h3,6,9-10,14-15,21H,4-5,7-8,11H2,1-2H3;1H. The number of nitrogens with one attached hydrogen (secondary N) is 1. The van der Waals surface area contributed by atoms with Crippen LogP contribution in [0.15, 0.2) is 24.3 Å². The van der Waals surface area contributed by atoms with Crippen molar-refractivity contribution in [1.82, 2.24) is 15.2 Å². The fourth-order valence-electron chi connectivity index (χ4n) is 3.88. The van der Waals surface area contributed by atoms with Gasteiger partial charge in [0.05, 0.1) is 23.9 Å². The highest BCUT2D eigenvalue weighted by atomic mass is 35.5. The van der Waals surface area contributed by atoms with E-state index in [1.165, 1.54) is 12.8 Å². The number of ether oxygens (including phenoxy) is 1. The van der Waals surface area contributed by atoms with E-state index in [4.69, 9.17) is 4.74 Å². The summed E-state index contributed by atoms with van der Waals surface area (Å²) >= 11 is 0. The molecule has 0 saturated carbocycles. The van der Waals surface area contributed by atoms with Gasteiger partial charge in [0.15, 0.2) is 0 Å². The molecule has 0 radical (unpaired) electrons. The van der Waals surface area contributed by atoms with Crippen LogP contribution in [0, 0.1) is 6.92 Å². The van der Waals surface area contributed by atoms with Gasteiger partial charge < -0.3 is 15.0 Å². The number of fused-ring (bicyclic) bond motifs is 3. The molecule has 1 amide bonds. The molecular formula is C19H24ClN3O2. The van der Waals surface area contributed by atoms with E-state index in [1.807, 2.05) is 36.1 Å². The summed E-state index contributed by atoms with van der Waals surface area (Å²) in [6.45, 7) is 3.54. The van der Waals surface area contributed by atoms with Crippen molar-refractivity contribution in [1.29, 1.82) is 0 Å². The molecule has 2 atom stereocenters. The molecule has 2 aliphatic rings. The summed E-state index contributed by atoms with van der Waals surface area (Å²) in [5.74, 6) is 0.884. The largest absolute Gasteiger partial charge is 0.497 e. The van der Waals surface area contributed by atoms with E-state index in [0.29, 0.717) is 17.6 Å². The lowest BCUT2D eigenvalue weighted by atomic mass is 10.1. The molecule has 134 valence electrons. The van der Waals surface area contributed by atoms with Crippen LogP contribution in [0.5, 0.6) is 5.75 Å². The molecular weight excluding hydrogens is 338 g/mol. The van der Waals surface area contributed by atoms with Crippen molar-refractivity contribution in [3.8, 4) is 5.75 Å². The molecule has 1 aromatic heterocycles. The monoisotopic (exact) mass is 361 g/mol. The number of carbonyl (C=O) groups is 1. The Kier molecular flexibility index (Phi) is 5.16. The van der Waals surface area contributed by atoms with Crippen molar-refractivity contribution in [3.63, 3.8) is 0 Å². The Morgan fingerprint density at radius 3 is 2.84 bits per heavy atom. The van der Waals surface area contributed by atoms with Crippen LogP contribution in [0.4, 0.5) is 0 Å². The zero-order valence-corrected chi connectivity index (χ0v) is 15.4. The Morgan fingerprint density at radius 1 is 1.24 bits per heavy atom. The number of benzene rings is 1. The Balaban J connectivity index is 0.00000182. The summed E-state index contributed by atoms with van der Waals surface area (Å²) < 4.78 is 5.26. The number of hydrogen-bond donors (Lipinski definition) is 1. The number of carbonyl (C=O) groups excluding carboxylic acids is 1. The van der Waals surface area contributed by atoms with Gasteiger partial charge in [-0.05, 0) is 44.4 Å². The van der Waals surface area contributed by atoms with E-state index in [0.717, 1.165) is 41.9 Å². The SMILES string of the molecule is COc1ccc2cc(C(=O)N3CCC4CCC(C3)N4)c(C)nc2c1.Cl. The fourth-order valence-corrected chi connectivity index (χ4v) is 3.88. The van der Waals surface area contributed by atoms with Gasteiger partial charge in [0.2, 0.25) is 0 Å². The minimum absolute atomic E-state index is 0. The summed E-state index contributed by atoms with van der Waals surface area (Å²) in [4.78, 5) is 19.7. The normalized spacial score (nSPS) is 22.4. The highest BCUT2D eigenvalue weighted by Crippen LogP contribution is 2.25. The maximum Gasteiger partial charge on any atom is 0.255 e. The summed E-state index contributed by atoms with van der Waals surface area (Å²) in [7, 11) is 1.65. The van der Waals surface area contributed by atoms with Gasteiger partial charge in [-0.3, -0.25) is 9.78 Å². The minimum atomic E-state index is 0. The number of nitrogens with zero attached hydrogens (tertiary/aromatic N) is 2. The van der Waals surface area contributed by atoms with Gasteiger partial charge in [0, 0.05) is 36.6 Å². The molecule has 6 heteroatoms. The third kappa shape index (κ3) is 3.44. The number of aromatic nitrogens is 1. The lowest BCUT2D eigenvalue weighted by molar-refractivity contribution is 0.0747. The number of hydrogen-bond acceptors (Lipinski definition) is 4. The number of amides is 1. The highest BCUT2D eigenvalue weighted by molar-refractivity contribution is 5.98. The number of rotatable bonds is 2. The first kappa shape index (κ1) is 18.0. The summed E-state index contributed by atoms with van der Waals surface area (Å²) in [6, 6.07) is 8.77. The Morgan fingerprint density at radius 2 is 2.04 bits per heavy atom. The van der Waals surface area contributed by atoms with Crippen molar-refractivity contribution in [3.05, 3.63) is 35.5 Å². The average Bonchev–Trinajstić information content (AvgIpc) is 2.92. The Labute approximate surface area is 154 Å². The predicted molar refractivity (Wildman–Crippen MR) is 101 cm³/mol. The maximum atomic E-state index is 13.0. The summed E-state index contributed by atoms with van der Waals surface area (Å²) in [6.07, 6.45) is 3.45. The molecule has 2 saturated heterocycles. The van der Waals surface area contributed by atoms with Crippen molar-refractivity contribution in [2.45, 2.75) is 38.3 Å². The lowest BCUT2D eigenvalue weighted by Gasteiger charge is -2.25. The van der Waals surface area contributed by atoms with Crippen molar-refractivity contribution < 1.29 is 9.53 Å². The molecule has 3 heterocycles. The van der Waals surface area contributed by atoms with E-state index >= 15 is 0 Å². The molecule has 0 spiro atoms. The Bertz CT molecular complexity index is 796. The van der Waals surface area contributed by atoms with Crippen LogP contribution in [-0.2, 0) is 0 Å². The fraction of sp³-hybridized carbons (Fsp3) is 0.474. The van der Waals surface area contributed by atoms with Gasteiger partial charge in [-0.15, -0.1) is 12.4 Å². The zero-order valence-electron chi connectivity index (χ0n) is 14.6. The maximum absolute atomic E-state index is 13.0. The number of pyridine rings is 1. The molecule has 5 nitrogen and oxygen atoms in total. The molecule has 25 heavy (non-hydrogen) atoms. The number of likely N-dealkylation sites (tertiary alicyclic amines) is 1. The average molecular weight is 362 g/mol.